The van der Waals surface area contributed by atoms with Crippen LogP contribution in [0.15, 0.2) is 96.4 Å². The number of hydrogen-bond donors (Lipinski definition) is 3. The van der Waals surface area contributed by atoms with Gasteiger partial charge >= 0.3 is 5.69 Å². The number of fused-ring (bicyclic) bond motifs is 2. The van der Waals surface area contributed by atoms with E-state index in [0.29, 0.717) is 0 Å². The second kappa shape index (κ2) is 11.6. The lowest BCUT2D eigenvalue weighted by molar-refractivity contribution is -0.393. The van der Waals surface area contributed by atoms with Crippen molar-refractivity contribution < 1.29 is 19.3 Å². The molecule has 2 heterocycles. The minimum atomic E-state index is -0.694. The molecule has 4 aromatic carbocycles. The van der Waals surface area contributed by atoms with Gasteiger partial charge in [0.2, 0.25) is 0 Å². The highest BCUT2D eigenvalue weighted by Gasteiger charge is 2.24. The number of nitrogens with one attached hydrogen (secondary N) is 3. The van der Waals surface area contributed by atoms with Gasteiger partial charge in [0.05, 0.1) is 36.3 Å². The Morgan fingerprint density at radius 3 is 1.89 bits per heavy atom. The molecule has 0 radical (unpaired) electrons. The Kier molecular flexibility index (Phi) is 7.38. The Labute approximate surface area is 250 Å². The summed E-state index contributed by atoms with van der Waals surface area (Å²) in [6.45, 7) is 0. The summed E-state index contributed by atoms with van der Waals surface area (Å²) >= 11 is 0. The normalized spacial score (nSPS) is 11.4. The summed E-state index contributed by atoms with van der Waals surface area (Å²) in [6.07, 6.45) is 5.56. The zero-order chi connectivity index (χ0) is 30.8. The number of hydrogen-bond acceptors (Lipinski definition) is 8. The highest BCUT2D eigenvalue weighted by molar-refractivity contribution is 5.90. The van der Waals surface area contributed by atoms with Crippen LogP contribution in [0.3, 0.4) is 0 Å². The number of anilines is 1. The third kappa shape index (κ3) is 5.27. The quantitative estimate of drug-likeness (QED) is 0.0870. The molecule has 0 aliphatic heterocycles. The number of hydrazone groups is 1. The van der Waals surface area contributed by atoms with Crippen LogP contribution in [0.4, 0.5) is 17.1 Å². The van der Waals surface area contributed by atoms with Crippen LogP contribution in [0.5, 0.6) is 11.5 Å². The van der Waals surface area contributed by atoms with Gasteiger partial charge in [-0.3, -0.25) is 25.7 Å². The Balaban J connectivity index is 1.36. The van der Waals surface area contributed by atoms with Gasteiger partial charge in [-0.05, 0) is 64.7 Å². The van der Waals surface area contributed by atoms with Crippen LogP contribution in [0.1, 0.15) is 28.2 Å². The summed E-state index contributed by atoms with van der Waals surface area (Å²) < 4.78 is 11.0. The van der Waals surface area contributed by atoms with E-state index in [1.807, 2.05) is 73.1 Å². The average Bonchev–Trinajstić information content (AvgIpc) is 3.65. The molecule has 2 aromatic heterocycles. The fourth-order valence-electron chi connectivity index (χ4n) is 5.33. The molecule has 6 rings (SSSR count). The molecule has 0 aliphatic rings. The topological polar surface area (TPSA) is 161 Å². The molecule has 0 amide bonds. The van der Waals surface area contributed by atoms with Crippen molar-refractivity contribution in [1.29, 1.82) is 0 Å². The molecule has 0 saturated carbocycles. The zero-order valence-electron chi connectivity index (χ0n) is 23.6. The second-order valence-electron chi connectivity index (χ2n) is 10.00. The van der Waals surface area contributed by atoms with Crippen LogP contribution in [0.2, 0.25) is 0 Å². The van der Waals surface area contributed by atoms with E-state index >= 15 is 0 Å². The fourth-order valence-corrected chi connectivity index (χ4v) is 5.33. The number of benzene rings is 4. The molecule has 0 bridgehead atoms. The zero-order valence-corrected chi connectivity index (χ0v) is 23.6. The van der Waals surface area contributed by atoms with Gasteiger partial charge in [0, 0.05) is 46.2 Å². The molecular weight excluding hydrogens is 564 g/mol. The van der Waals surface area contributed by atoms with Crippen molar-refractivity contribution in [2.75, 3.05) is 19.6 Å². The number of nitrogens with zero attached hydrogens (tertiary/aromatic N) is 3. The second-order valence-corrected chi connectivity index (χ2v) is 10.00. The molecule has 220 valence electrons. The van der Waals surface area contributed by atoms with Crippen molar-refractivity contribution in [3.05, 3.63) is 134 Å². The molecule has 12 nitrogen and oxygen atoms in total. The molecule has 0 aliphatic carbocycles. The minimum absolute atomic E-state index is 0.0399. The van der Waals surface area contributed by atoms with Crippen LogP contribution >= 0.6 is 0 Å². The third-order valence-corrected chi connectivity index (χ3v) is 7.52. The molecule has 44 heavy (non-hydrogen) atoms. The van der Waals surface area contributed by atoms with Gasteiger partial charge in [-0.2, -0.15) is 5.10 Å². The number of nitro benzene ring substituents is 2. The number of methoxy groups -OCH3 is 2. The first-order chi connectivity index (χ1) is 21.4. The summed E-state index contributed by atoms with van der Waals surface area (Å²) in [5.41, 5.74) is 7.71. The number of non-ortho nitro benzene ring substituents is 1. The lowest BCUT2D eigenvalue weighted by Gasteiger charge is -2.18. The van der Waals surface area contributed by atoms with E-state index in [4.69, 9.17) is 9.47 Å². The standard InChI is InChI=1S/C32H26N6O6/c1-43-22-8-11-28-24(14-22)26(17-33-28)32(27-18-34-29-12-9-23(44-2)15-25(27)29)20-5-3-19(4-6-20)16-35-36-30-10-7-21(37(39)40)13-31(30)38(41)42/h3-18,32-34,36H,1-2H3/b35-16+. The maximum Gasteiger partial charge on any atom is 0.301 e. The van der Waals surface area contributed by atoms with Crippen molar-refractivity contribution >= 4 is 45.1 Å². The molecule has 0 atom stereocenters. The summed E-state index contributed by atoms with van der Waals surface area (Å²) in [5.74, 6) is 1.35. The number of ether oxygens (including phenoxy) is 2. The predicted molar refractivity (Wildman–Crippen MR) is 168 cm³/mol. The molecule has 3 N–H and O–H groups in total. The number of aromatic nitrogens is 2. The molecule has 0 saturated heterocycles. The lowest BCUT2D eigenvalue weighted by atomic mass is 9.84. The number of aromatic amines is 2. The lowest BCUT2D eigenvalue weighted by Crippen LogP contribution is -2.03. The molecule has 6 aromatic rings. The highest BCUT2D eigenvalue weighted by Crippen LogP contribution is 2.41. The van der Waals surface area contributed by atoms with Crippen molar-refractivity contribution in [2.24, 2.45) is 5.10 Å². The van der Waals surface area contributed by atoms with Gasteiger partial charge in [0.1, 0.15) is 17.2 Å². The van der Waals surface area contributed by atoms with E-state index < -0.39 is 15.5 Å². The van der Waals surface area contributed by atoms with E-state index in [-0.39, 0.29) is 17.3 Å². The van der Waals surface area contributed by atoms with Crippen LogP contribution in [-0.4, -0.2) is 40.2 Å². The van der Waals surface area contributed by atoms with Crippen LogP contribution < -0.4 is 14.9 Å². The van der Waals surface area contributed by atoms with E-state index in [0.717, 1.165) is 61.6 Å². The summed E-state index contributed by atoms with van der Waals surface area (Å²) in [6, 6.07) is 23.0. The van der Waals surface area contributed by atoms with Gasteiger partial charge in [-0.1, -0.05) is 24.3 Å². The highest BCUT2D eigenvalue weighted by atomic mass is 16.6. The van der Waals surface area contributed by atoms with Crippen molar-refractivity contribution in [3.8, 4) is 11.5 Å². The van der Waals surface area contributed by atoms with E-state index in [1.54, 1.807) is 14.2 Å². The molecule has 0 spiro atoms. The summed E-state index contributed by atoms with van der Waals surface area (Å²) in [5, 5.41) is 28.7. The first kappa shape index (κ1) is 28.0. The maximum atomic E-state index is 11.4. The summed E-state index contributed by atoms with van der Waals surface area (Å²) in [7, 11) is 3.29. The minimum Gasteiger partial charge on any atom is -0.497 e. The molecule has 0 unspecified atom stereocenters. The van der Waals surface area contributed by atoms with Gasteiger partial charge < -0.3 is 19.4 Å². The van der Waals surface area contributed by atoms with Gasteiger partial charge in [-0.25, -0.2) is 0 Å². The molecule has 0 fully saturated rings. The first-order valence-corrected chi connectivity index (χ1v) is 13.5. The average molecular weight is 591 g/mol. The Morgan fingerprint density at radius 2 is 1.36 bits per heavy atom. The molecular formula is C32H26N6O6. The Hall–Kier alpha value is -6.17. The molecule has 12 heteroatoms. The number of rotatable bonds is 10. The smallest absolute Gasteiger partial charge is 0.301 e. The Bertz CT molecular complexity index is 1960. The largest absolute Gasteiger partial charge is 0.497 e. The van der Waals surface area contributed by atoms with Crippen molar-refractivity contribution in [3.63, 3.8) is 0 Å². The monoisotopic (exact) mass is 590 g/mol. The van der Waals surface area contributed by atoms with Gasteiger partial charge in [0.15, 0.2) is 0 Å². The van der Waals surface area contributed by atoms with E-state index in [9.17, 15) is 20.2 Å². The van der Waals surface area contributed by atoms with Gasteiger partial charge in [0.25, 0.3) is 5.69 Å². The van der Waals surface area contributed by atoms with E-state index in [1.165, 1.54) is 18.3 Å². The van der Waals surface area contributed by atoms with Crippen molar-refractivity contribution in [2.45, 2.75) is 5.92 Å². The maximum absolute atomic E-state index is 11.4. The van der Waals surface area contributed by atoms with Crippen LogP contribution in [0, 0.1) is 20.2 Å². The number of H-pyrrole nitrogens is 2. The van der Waals surface area contributed by atoms with Crippen LogP contribution in [0.25, 0.3) is 21.8 Å². The Morgan fingerprint density at radius 1 is 0.773 bits per heavy atom. The summed E-state index contributed by atoms with van der Waals surface area (Å²) in [4.78, 5) is 27.9. The SMILES string of the molecule is COc1ccc2[nH]cc(C(c3ccc(/C=N/Nc4ccc([N+](=O)[O-])cc4[N+](=O)[O-])cc3)c3c[nH]c4ccc(OC)cc34)c2c1. The number of nitro groups is 2. The van der Waals surface area contributed by atoms with Crippen LogP contribution in [-0.2, 0) is 0 Å². The van der Waals surface area contributed by atoms with Gasteiger partial charge in [-0.15, -0.1) is 0 Å². The third-order valence-electron chi connectivity index (χ3n) is 7.52. The first-order valence-electron chi connectivity index (χ1n) is 13.5. The fraction of sp³-hybridized carbons (Fsp3) is 0.0938. The van der Waals surface area contributed by atoms with E-state index in [2.05, 4.69) is 20.5 Å². The predicted octanol–water partition coefficient (Wildman–Crippen LogP) is 7.11. The van der Waals surface area contributed by atoms with Crippen molar-refractivity contribution in [1.82, 2.24) is 9.97 Å².